The van der Waals surface area contributed by atoms with E-state index in [9.17, 15) is 5.11 Å². The van der Waals surface area contributed by atoms with E-state index < -0.39 is 0 Å². The summed E-state index contributed by atoms with van der Waals surface area (Å²) in [5, 5.41) is 9.85. The van der Waals surface area contributed by atoms with E-state index in [1.165, 1.54) is 11.1 Å². The van der Waals surface area contributed by atoms with Gasteiger partial charge in [-0.3, -0.25) is 0 Å². The highest BCUT2D eigenvalue weighted by Gasteiger charge is 2.18. The molecule has 1 aromatic rings. The molecule has 0 saturated carbocycles. The van der Waals surface area contributed by atoms with Crippen LogP contribution in [0.3, 0.4) is 0 Å². The molecule has 2 heteroatoms. The van der Waals surface area contributed by atoms with Gasteiger partial charge in [0.25, 0.3) is 0 Å². The van der Waals surface area contributed by atoms with Crippen LogP contribution in [0.15, 0.2) is 18.2 Å². The maximum atomic E-state index is 9.85. The molecule has 1 aliphatic rings. The van der Waals surface area contributed by atoms with Crippen LogP contribution in [0.4, 0.5) is 0 Å². The predicted molar refractivity (Wildman–Crippen MR) is 61.7 cm³/mol. The van der Waals surface area contributed by atoms with E-state index in [0.717, 1.165) is 17.1 Å². The van der Waals surface area contributed by atoms with Crippen LogP contribution in [0, 0.1) is 0 Å². The van der Waals surface area contributed by atoms with Crippen molar-refractivity contribution in [3.8, 4) is 0 Å². The summed E-state index contributed by atoms with van der Waals surface area (Å²) < 4.78 is 0. The monoisotopic (exact) mass is 208 g/mol. The SMILES string of the molecule is CC(C)c1ccc2c(c1)C(O)CSC2. The first-order chi connectivity index (χ1) is 6.68. The average molecular weight is 208 g/mol. The average Bonchev–Trinajstić information content (AvgIpc) is 2.18. The van der Waals surface area contributed by atoms with Gasteiger partial charge in [-0.05, 0) is 22.6 Å². The van der Waals surface area contributed by atoms with E-state index in [0.29, 0.717) is 5.92 Å². The summed E-state index contributed by atoms with van der Waals surface area (Å²) in [5.41, 5.74) is 3.78. The van der Waals surface area contributed by atoms with Gasteiger partial charge in [0.2, 0.25) is 0 Å². The molecule has 0 aromatic heterocycles. The van der Waals surface area contributed by atoms with Gasteiger partial charge in [0, 0.05) is 11.5 Å². The molecular formula is C12H16OS. The normalized spacial score (nSPS) is 21.0. The van der Waals surface area contributed by atoms with Gasteiger partial charge in [-0.1, -0.05) is 32.0 Å². The van der Waals surface area contributed by atoms with Crippen LogP contribution in [0.5, 0.6) is 0 Å². The molecule has 2 rings (SSSR count). The molecule has 0 spiro atoms. The first-order valence-electron chi connectivity index (χ1n) is 5.07. The maximum absolute atomic E-state index is 9.85. The zero-order valence-corrected chi connectivity index (χ0v) is 9.47. The lowest BCUT2D eigenvalue weighted by Crippen LogP contribution is -2.10. The Morgan fingerprint density at radius 3 is 2.93 bits per heavy atom. The number of hydrogen-bond donors (Lipinski definition) is 1. The number of thioether (sulfide) groups is 1. The third kappa shape index (κ3) is 1.82. The van der Waals surface area contributed by atoms with Crippen molar-refractivity contribution in [3.63, 3.8) is 0 Å². The first kappa shape index (κ1) is 10.1. The minimum Gasteiger partial charge on any atom is -0.388 e. The molecule has 1 N–H and O–H groups in total. The third-order valence-corrected chi connectivity index (χ3v) is 3.80. The molecule has 0 fully saturated rings. The number of rotatable bonds is 1. The first-order valence-corrected chi connectivity index (χ1v) is 6.22. The molecule has 1 nitrogen and oxygen atoms in total. The Morgan fingerprint density at radius 1 is 1.43 bits per heavy atom. The van der Waals surface area contributed by atoms with Crippen molar-refractivity contribution in [2.45, 2.75) is 31.6 Å². The fourth-order valence-corrected chi connectivity index (χ4v) is 2.79. The number of fused-ring (bicyclic) bond motifs is 1. The lowest BCUT2D eigenvalue weighted by atomic mass is 9.95. The molecule has 0 radical (unpaired) electrons. The standard InChI is InChI=1S/C12H16OS/c1-8(2)9-3-4-10-6-14-7-12(13)11(10)5-9/h3-5,8,12-13H,6-7H2,1-2H3. The van der Waals surface area contributed by atoms with Gasteiger partial charge in [0.1, 0.15) is 0 Å². The lowest BCUT2D eigenvalue weighted by Gasteiger charge is -2.22. The van der Waals surface area contributed by atoms with Gasteiger partial charge < -0.3 is 5.11 Å². The van der Waals surface area contributed by atoms with Gasteiger partial charge in [0.05, 0.1) is 6.10 Å². The highest BCUT2D eigenvalue weighted by molar-refractivity contribution is 7.98. The zero-order valence-electron chi connectivity index (χ0n) is 8.66. The second-order valence-corrected chi connectivity index (χ2v) is 5.17. The molecule has 1 unspecified atom stereocenters. The molecule has 1 aromatic carbocycles. The van der Waals surface area contributed by atoms with E-state index in [-0.39, 0.29) is 6.10 Å². The van der Waals surface area contributed by atoms with Gasteiger partial charge in [-0.15, -0.1) is 0 Å². The quantitative estimate of drug-likeness (QED) is 0.765. The highest BCUT2D eigenvalue weighted by Crippen LogP contribution is 2.33. The van der Waals surface area contributed by atoms with Crippen LogP contribution in [0.1, 0.15) is 42.6 Å². The van der Waals surface area contributed by atoms with E-state index in [4.69, 9.17) is 0 Å². The van der Waals surface area contributed by atoms with Gasteiger partial charge >= 0.3 is 0 Å². The van der Waals surface area contributed by atoms with Crippen LogP contribution in [-0.2, 0) is 5.75 Å². The molecule has 76 valence electrons. The fraction of sp³-hybridized carbons (Fsp3) is 0.500. The summed E-state index contributed by atoms with van der Waals surface area (Å²) >= 11 is 1.81. The Labute approximate surface area is 89.5 Å². The molecule has 1 heterocycles. The molecule has 1 aliphatic heterocycles. The van der Waals surface area contributed by atoms with E-state index in [1.54, 1.807) is 0 Å². The topological polar surface area (TPSA) is 20.2 Å². The van der Waals surface area contributed by atoms with Crippen molar-refractivity contribution in [1.82, 2.24) is 0 Å². The number of benzene rings is 1. The zero-order chi connectivity index (χ0) is 10.1. The Hall–Kier alpha value is -0.470. The Morgan fingerprint density at radius 2 is 2.21 bits per heavy atom. The molecule has 0 saturated heterocycles. The van der Waals surface area contributed by atoms with E-state index >= 15 is 0 Å². The Bertz CT molecular complexity index is 333. The number of aliphatic hydroxyl groups excluding tert-OH is 1. The van der Waals surface area contributed by atoms with Crippen LogP contribution >= 0.6 is 11.8 Å². The van der Waals surface area contributed by atoms with Gasteiger partial charge in [-0.2, -0.15) is 11.8 Å². The summed E-state index contributed by atoms with van der Waals surface area (Å²) in [7, 11) is 0. The minimum absolute atomic E-state index is 0.262. The molecule has 1 atom stereocenters. The van der Waals surface area contributed by atoms with Crippen molar-refractivity contribution in [2.24, 2.45) is 0 Å². The predicted octanol–water partition coefficient (Wildman–Crippen LogP) is 3.09. The number of hydrogen-bond acceptors (Lipinski definition) is 2. The molecule has 0 aliphatic carbocycles. The van der Waals surface area contributed by atoms with Crippen molar-refractivity contribution < 1.29 is 5.11 Å². The number of aliphatic hydroxyl groups is 1. The van der Waals surface area contributed by atoms with Crippen molar-refractivity contribution in [3.05, 3.63) is 34.9 Å². The van der Waals surface area contributed by atoms with E-state index in [2.05, 4.69) is 32.0 Å². The summed E-state index contributed by atoms with van der Waals surface area (Å²) in [4.78, 5) is 0. The van der Waals surface area contributed by atoms with Crippen molar-refractivity contribution in [1.29, 1.82) is 0 Å². The van der Waals surface area contributed by atoms with Crippen LogP contribution < -0.4 is 0 Å². The molecule has 14 heavy (non-hydrogen) atoms. The highest BCUT2D eigenvalue weighted by atomic mass is 32.2. The summed E-state index contributed by atoms with van der Waals surface area (Å²) in [6.07, 6.45) is -0.262. The largest absolute Gasteiger partial charge is 0.388 e. The summed E-state index contributed by atoms with van der Waals surface area (Å²) in [6, 6.07) is 6.52. The van der Waals surface area contributed by atoms with Gasteiger partial charge in [-0.25, -0.2) is 0 Å². The second-order valence-electron chi connectivity index (χ2n) is 4.14. The Balaban J connectivity index is 2.41. The second kappa shape index (κ2) is 3.95. The molecule has 0 bridgehead atoms. The smallest absolute Gasteiger partial charge is 0.0883 e. The van der Waals surface area contributed by atoms with Gasteiger partial charge in [0.15, 0.2) is 0 Å². The van der Waals surface area contributed by atoms with Crippen LogP contribution in [-0.4, -0.2) is 10.9 Å². The van der Waals surface area contributed by atoms with Crippen molar-refractivity contribution >= 4 is 11.8 Å². The lowest BCUT2D eigenvalue weighted by molar-refractivity contribution is 0.201. The summed E-state index contributed by atoms with van der Waals surface area (Å²) in [6.45, 7) is 4.37. The molecule has 0 amide bonds. The minimum atomic E-state index is -0.262. The fourth-order valence-electron chi connectivity index (χ4n) is 1.78. The van der Waals surface area contributed by atoms with Crippen molar-refractivity contribution in [2.75, 3.05) is 5.75 Å². The van der Waals surface area contributed by atoms with Crippen LogP contribution in [0.2, 0.25) is 0 Å². The van der Waals surface area contributed by atoms with E-state index in [1.807, 2.05) is 11.8 Å². The third-order valence-electron chi connectivity index (χ3n) is 2.73. The van der Waals surface area contributed by atoms with Crippen LogP contribution in [0.25, 0.3) is 0 Å². The summed E-state index contributed by atoms with van der Waals surface area (Å²) in [5.74, 6) is 2.43. The maximum Gasteiger partial charge on any atom is 0.0883 e. The molecular weight excluding hydrogens is 192 g/mol. The Kier molecular flexibility index (Phi) is 2.84.